The number of hydrogen-bond donors (Lipinski definition) is 1. The zero-order valence-electron chi connectivity index (χ0n) is 9.90. The van der Waals surface area contributed by atoms with Crippen LogP contribution in [0.2, 0.25) is 0 Å². The van der Waals surface area contributed by atoms with Crippen LogP contribution in [0, 0.1) is 5.92 Å². The van der Waals surface area contributed by atoms with Gasteiger partial charge in [-0.3, -0.25) is 4.79 Å². The summed E-state index contributed by atoms with van der Waals surface area (Å²) in [4.78, 5) is 11.4. The van der Waals surface area contributed by atoms with Crippen molar-refractivity contribution in [3.8, 4) is 5.75 Å². The van der Waals surface area contributed by atoms with Crippen LogP contribution < -0.4 is 4.74 Å². The number of alkyl halides is 2. The van der Waals surface area contributed by atoms with E-state index in [1.54, 1.807) is 12.1 Å². The fourth-order valence-corrected chi connectivity index (χ4v) is 2.50. The molecule has 0 heterocycles. The third kappa shape index (κ3) is 2.05. The Bertz CT molecular complexity index is 444. The van der Waals surface area contributed by atoms with Gasteiger partial charge < -0.3 is 9.84 Å². The summed E-state index contributed by atoms with van der Waals surface area (Å²) in [5.41, 5.74) is -0.179. The van der Waals surface area contributed by atoms with Gasteiger partial charge in [0, 0.05) is 0 Å². The molecule has 2 atom stereocenters. The lowest BCUT2D eigenvalue weighted by molar-refractivity contribution is -0.140. The van der Waals surface area contributed by atoms with Crippen LogP contribution in [-0.4, -0.2) is 17.7 Å². The van der Waals surface area contributed by atoms with Crippen LogP contribution >= 0.6 is 0 Å². The van der Waals surface area contributed by atoms with E-state index in [0.29, 0.717) is 12.0 Å². The Kier molecular flexibility index (Phi) is 3.24. The minimum atomic E-state index is -2.87. The monoisotopic (exact) mass is 256 g/mol. The van der Waals surface area contributed by atoms with Crippen molar-refractivity contribution >= 4 is 5.97 Å². The van der Waals surface area contributed by atoms with Crippen molar-refractivity contribution in [3.05, 3.63) is 29.8 Å². The van der Waals surface area contributed by atoms with Gasteiger partial charge in [0.05, 0.1) is 5.41 Å². The molecule has 98 valence electrons. The van der Waals surface area contributed by atoms with Crippen molar-refractivity contribution in [3.63, 3.8) is 0 Å². The molecule has 1 aromatic carbocycles. The number of rotatable bonds is 5. The molecule has 0 saturated heterocycles. The fourth-order valence-electron chi connectivity index (χ4n) is 2.50. The maximum Gasteiger partial charge on any atom is 0.387 e. The largest absolute Gasteiger partial charge is 0.481 e. The molecule has 1 saturated carbocycles. The van der Waals surface area contributed by atoms with Crippen LogP contribution in [0.3, 0.4) is 0 Å². The average molecular weight is 256 g/mol. The van der Waals surface area contributed by atoms with Crippen molar-refractivity contribution in [1.82, 2.24) is 0 Å². The molecule has 1 aliphatic carbocycles. The van der Waals surface area contributed by atoms with Gasteiger partial charge in [0.2, 0.25) is 0 Å². The van der Waals surface area contributed by atoms with Crippen LogP contribution in [0.25, 0.3) is 0 Å². The first-order valence-electron chi connectivity index (χ1n) is 5.79. The van der Waals surface area contributed by atoms with Crippen LogP contribution in [0.5, 0.6) is 5.75 Å². The lowest BCUT2D eigenvalue weighted by Crippen LogP contribution is -2.22. The quantitative estimate of drug-likeness (QED) is 0.880. The van der Waals surface area contributed by atoms with E-state index in [-0.39, 0.29) is 11.7 Å². The third-order valence-corrected chi connectivity index (χ3v) is 3.57. The van der Waals surface area contributed by atoms with E-state index in [2.05, 4.69) is 4.74 Å². The van der Waals surface area contributed by atoms with Gasteiger partial charge in [-0.2, -0.15) is 8.78 Å². The summed E-state index contributed by atoms with van der Waals surface area (Å²) >= 11 is 0. The normalized spacial score (nSPS) is 26.1. The molecular formula is C13H14F2O3. The second kappa shape index (κ2) is 4.55. The molecule has 18 heavy (non-hydrogen) atoms. The highest BCUT2D eigenvalue weighted by atomic mass is 19.3. The Morgan fingerprint density at radius 1 is 1.50 bits per heavy atom. The Labute approximate surface area is 103 Å². The SMILES string of the molecule is CCC1CC1(C(=O)O)c1ccc(OC(F)F)cc1. The van der Waals surface area contributed by atoms with Crippen LogP contribution in [0.15, 0.2) is 24.3 Å². The predicted octanol–water partition coefficient (Wildman–Crippen LogP) is 3.04. The number of benzene rings is 1. The van der Waals surface area contributed by atoms with Gasteiger partial charge in [-0.05, 0) is 30.0 Å². The Hall–Kier alpha value is -1.65. The summed E-state index contributed by atoms with van der Waals surface area (Å²) in [6, 6.07) is 5.89. The summed E-state index contributed by atoms with van der Waals surface area (Å²) in [6.07, 6.45) is 1.40. The van der Waals surface area contributed by atoms with E-state index in [9.17, 15) is 18.7 Å². The molecule has 1 aliphatic rings. The van der Waals surface area contributed by atoms with Crippen LogP contribution in [-0.2, 0) is 10.2 Å². The van der Waals surface area contributed by atoms with Gasteiger partial charge in [-0.1, -0.05) is 25.5 Å². The first-order valence-corrected chi connectivity index (χ1v) is 5.79. The molecule has 0 amide bonds. The molecule has 2 unspecified atom stereocenters. The first-order chi connectivity index (χ1) is 8.50. The number of aliphatic carboxylic acids is 1. The first kappa shape index (κ1) is 12.8. The standard InChI is InChI=1S/C13H14F2O3/c1-2-8-7-13(8,11(16)17)9-3-5-10(6-4-9)18-12(14)15/h3-6,8,12H,2,7H2,1H3,(H,16,17). The van der Waals surface area contributed by atoms with E-state index in [0.717, 1.165) is 6.42 Å². The van der Waals surface area contributed by atoms with Crippen molar-refractivity contribution in [2.75, 3.05) is 0 Å². The van der Waals surface area contributed by atoms with Crippen LogP contribution in [0.4, 0.5) is 8.78 Å². The molecule has 5 heteroatoms. The van der Waals surface area contributed by atoms with E-state index >= 15 is 0 Å². The number of hydrogen-bond acceptors (Lipinski definition) is 2. The van der Waals surface area contributed by atoms with Crippen molar-refractivity contribution < 1.29 is 23.4 Å². The number of halogens is 2. The van der Waals surface area contributed by atoms with Crippen molar-refractivity contribution in [2.24, 2.45) is 5.92 Å². The lowest BCUT2D eigenvalue weighted by Gasteiger charge is -2.13. The van der Waals surface area contributed by atoms with Crippen molar-refractivity contribution in [2.45, 2.75) is 31.8 Å². The molecule has 3 nitrogen and oxygen atoms in total. The van der Waals surface area contributed by atoms with Gasteiger partial charge in [0.1, 0.15) is 5.75 Å². The van der Waals surface area contributed by atoms with Gasteiger partial charge in [0.15, 0.2) is 0 Å². The number of carboxylic acid groups (broad SMARTS) is 1. The zero-order valence-corrected chi connectivity index (χ0v) is 9.90. The van der Waals surface area contributed by atoms with E-state index < -0.39 is 18.0 Å². The summed E-state index contributed by atoms with van der Waals surface area (Å²) < 4.78 is 28.2. The van der Waals surface area contributed by atoms with Gasteiger partial charge in [-0.25, -0.2) is 0 Å². The molecule has 1 fully saturated rings. The Morgan fingerprint density at radius 3 is 2.50 bits per heavy atom. The summed E-state index contributed by atoms with van der Waals surface area (Å²) in [7, 11) is 0. The summed E-state index contributed by atoms with van der Waals surface area (Å²) in [5.74, 6) is -0.684. The summed E-state index contributed by atoms with van der Waals surface area (Å²) in [5, 5.41) is 9.32. The van der Waals surface area contributed by atoms with E-state index in [1.807, 2.05) is 6.92 Å². The molecule has 0 bridgehead atoms. The average Bonchev–Trinajstić information content (AvgIpc) is 3.05. The second-order valence-electron chi connectivity index (χ2n) is 4.49. The Morgan fingerprint density at radius 2 is 2.11 bits per heavy atom. The van der Waals surface area contributed by atoms with Gasteiger partial charge in [-0.15, -0.1) is 0 Å². The molecule has 0 aliphatic heterocycles. The minimum Gasteiger partial charge on any atom is -0.481 e. The topological polar surface area (TPSA) is 46.5 Å². The van der Waals surface area contributed by atoms with Crippen molar-refractivity contribution in [1.29, 1.82) is 0 Å². The molecular weight excluding hydrogens is 242 g/mol. The molecule has 1 aromatic rings. The van der Waals surface area contributed by atoms with Crippen LogP contribution in [0.1, 0.15) is 25.3 Å². The maximum atomic E-state index is 12.0. The van der Waals surface area contributed by atoms with E-state index in [4.69, 9.17) is 0 Å². The molecule has 0 aromatic heterocycles. The van der Waals surface area contributed by atoms with E-state index in [1.165, 1.54) is 12.1 Å². The highest BCUT2D eigenvalue weighted by Gasteiger charge is 2.60. The second-order valence-corrected chi connectivity index (χ2v) is 4.49. The molecule has 2 rings (SSSR count). The van der Waals surface area contributed by atoms with Gasteiger partial charge >= 0.3 is 12.6 Å². The third-order valence-electron chi connectivity index (χ3n) is 3.57. The zero-order chi connectivity index (χ0) is 13.3. The Balaban J connectivity index is 2.21. The molecule has 0 spiro atoms. The maximum absolute atomic E-state index is 12.0. The fraction of sp³-hybridized carbons (Fsp3) is 0.462. The molecule has 1 N–H and O–H groups in total. The predicted molar refractivity (Wildman–Crippen MR) is 60.8 cm³/mol. The summed E-state index contributed by atoms with van der Waals surface area (Å²) in [6.45, 7) is -0.919. The molecule has 0 radical (unpaired) electrons. The minimum absolute atomic E-state index is 0.0444. The van der Waals surface area contributed by atoms with Gasteiger partial charge in [0.25, 0.3) is 0 Å². The number of carboxylic acids is 1. The number of ether oxygens (including phenoxy) is 1. The lowest BCUT2D eigenvalue weighted by atomic mass is 9.92. The highest BCUT2D eigenvalue weighted by Crippen LogP contribution is 2.56. The smallest absolute Gasteiger partial charge is 0.387 e. The highest BCUT2D eigenvalue weighted by molar-refractivity contribution is 5.85. The number of carbonyl (C=O) groups is 1.